The van der Waals surface area contributed by atoms with E-state index in [0.717, 1.165) is 22.3 Å². The Labute approximate surface area is 348 Å². The zero-order chi connectivity index (χ0) is 41.4. The molecule has 0 aliphatic carbocycles. The van der Waals surface area contributed by atoms with E-state index in [1.165, 1.54) is 21.2 Å². The number of aromatic hydroxyl groups is 3. The molecule has 0 aliphatic heterocycles. The molecule has 0 saturated carbocycles. The molecule has 0 amide bonds. The van der Waals surface area contributed by atoms with E-state index >= 15 is 0 Å². The summed E-state index contributed by atoms with van der Waals surface area (Å²) in [5.74, 6) is 0.438. The topological polar surface area (TPSA) is 83.8 Å². The molecule has 59 heavy (non-hydrogen) atoms. The van der Waals surface area contributed by atoms with E-state index in [1.54, 1.807) is 24.3 Å². The van der Waals surface area contributed by atoms with Gasteiger partial charge in [0.05, 0.1) is 0 Å². The van der Waals surface area contributed by atoms with Crippen LogP contribution in [0.25, 0.3) is 0 Å². The van der Waals surface area contributed by atoms with Gasteiger partial charge in [-0.05, 0) is 104 Å². The monoisotopic (exact) mass is 792 g/mol. The summed E-state index contributed by atoms with van der Waals surface area (Å²) in [6, 6.07) is 63.9. The molecule has 4 nitrogen and oxygen atoms in total. The van der Waals surface area contributed by atoms with Gasteiger partial charge in [0.1, 0.15) is 45.7 Å². The Morgan fingerprint density at radius 1 is 0.356 bits per heavy atom. The molecular formula is C54H49O4P. The van der Waals surface area contributed by atoms with Crippen molar-refractivity contribution in [2.45, 2.75) is 40.0 Å². The number of hydrogen-bond acceptors (Lipinski definition) is 4. The van der Waals surface area contributed by atoms with Crippen LogP contribution in [0.3, 0.4) is 0 Å². The molecule has 8 aromatic rings. The van der Waals surface area contributed by atoms with Gasteiger partial charge in [-0.2, -0.15) is 0 Å². The first-order valence-electron chi connectivity index (χ1n) is 19.9. The van der Waals surface area contributed by atoms with Crippen LogP contribution in [0.5, 0.6) is 23.0 Å². The third kappa shape index (κ3) is 9.10. The predicted octanol–water partition coefficient (Wildman–Crippen LogP) is 9.88. The summed E-state index contributed by atoms with van der Waals surface area (Å²) in [4.78, 5) is 0. The summed E-state index contributed by atoms with van der Waals surface area (Å²) in [5, 5.41) is 50.3. The summed E-state index contributed by atoms with van der Waals surface area (Å²) in [5.41, 5.74) is 7.08. The van der Waals surface area contributed by atoms with Crippen LogP contribution in [-0.2, 0) is 19.3 Å². The SMILES string of the molecule is Cc1ccc(O)c(Cc2cccc(Cc3cc(C)cc(Cc4cc(C)ccc4O)c3O)c2[O-])c1.c1ccc([P+](c2ccccc2)(c2ccccc2)c2ccccc2)cc1. The molecule has 0 radical (unpaired) electrons. The second kappa shape index (κ2) is 18.3. The van der Waals surface area contributed by atoms with E-state index in [0.29, 0.717) is 47.1 Å². The Kier molecular flexibility index (Phi) is 12.6. The van der Waals surface area contributed by atoms with Gasteiger partial charge in [-0.3, -0.25) is 0 Å². The second-order valence-corrected chi connectivity index (χ2v) is 18.6. The molecule has 3 N–H and O–H groups in total. The molecule has 0 bridgehead atoms. The van der Waals surface area contributed by atoms with E-state index in [2.05, 4.69) is 121 Å². The Balaban J connectivity index is 0.000000187. The van der Waals surface area contributed by atoms with E-state index in [9.17, 15) is 20.4 Å². The van der Waals surface area contributed by atoms with Crippen molar-refractivity contribution in [3.63, 3.8) is 0 Å². The normalized spacial score (nSPS) is 11.1. The molecule has 0 aliphatic rings. The van der Waals surface area contributed by atoms with Crippen LogP contribution in [0.1, 0.15) is 50.1 Å². The summed E-state index contributed by atoms with van der Waals surface area (Å²) in [7, 11) is -1.91. The maximum absolute atomic E-state index is 13.2. The van der Waals surface area contributed by atoms with Gasteiger partial charge in [0.2, 0.25) is 0 Å². The Morgan fingerprint density at radius 3 is 1.05 bits per heavy atom. The molecular weight excluding hydrogens is 744 g/mol. The highest BCUT2D eigenvalue weighted by Crippen LogP contribution is 2.54. The van der Waals surface area contributed by atoms with Crippen LogP contribution in [-0.4, -0.2) is 15.3 Å². The Bertz CT molecular complexity index is 2480. The fourth-order valence-electron chi connectivity index (χ4n) is 7.95. The lowest BCUT2D eigenvalue weighted by atomic mass is 9.93. The third-order valence-corrected chi connectivity index (χ3v) is 15.1. The molecule has 0 heterocycles. The van der Waals surface area contributed by atoms with Gasteiger partial charge in [-0.1, -0.05) is 155 Å². The van der Waals surface area contributed by atoms with E-state index in [-0.39, 0.29) is 23.0 Å². The van der Waals surface area contributed by atoms with Gasteiger partial charge in [0, 0.05) is 19.3 Å². The van der Waals surface area contributed by atoms with Gasteiger partial charge in [-0.25, -0.2) is 0 Å². The lowest BCUT2D eigenvalue weighted by Gasteiger charge is -2.27. The number of phenolic OH excluding ortho intramolecular Hbond substituents is 3. The smallest absolute Gasteiger partial charge is 0.144 e. The van der Waals surface area contributed by atoms with Crippen LogP contribution in [0, 0.1) is 20.8 Å². The zero-order valence-corrected chi connectivity index (χ0v) is 34.6. The van der Waals surface area contributed by atoms with Gasteiger partial charge >= 0.3 is 0 Å². The number of phenols is 3. The minimum absolute atomic E-state index is 0.0813. The molecule has 0 unspecified atom stereocenters. The maximum Gasteiger partial charge on any atom is 0.144 e. The fraction of sp³-hybridized carbons (Fsp3) is 0.111. The first-order chi connectivity index (χ1) is 28.6. The number of hydrogen-bond donors (Lipinski definition) is 3. The van der Waals surface area contributed by atoms with Crippen LogP contribution in [0.4, 0.5) is 0 Å². The van der Waals surface area contributed by atoms with Crippen LogP contribution < -0.4 is 26.3 Å². The first kappa shape index (κ1) is 40.6. The van der Waals surface area contributed by atoms with Gasteiger partial charge in [0.15, 0.2) is 0 Å². The van der Waals surface area contributed by atoms with Crippen LogP contribution in [0.2, 0.25) is 0 Å². The Morgan fingerprint density at radius 2 is 0.678 bits per heavy atom. The average molecular weight is 793 g/mol. The molecule has 8 aromatic carbocycles. The molecule has 0 saturated heterocycles. The van der Waals surface area contributed by atoms with Crippen molar-refractivity contribution >= 4 is 28.5 Å². The van der Waals surface area contributed by atoms with Crippen molar-refractivity contribution in [3.05, 3.63) is 238 Å². The van der Waals surface area contributed by atoms with E-state index < -0.39 is 7.26 Å². The molecule has 0 spiro atoms. The number of benzene rings is 8. The van der Waals surface area contributed by atoms with Gasteiger partial charge < -0.3 is 20.4 Å². The fourth-order valence-corrected chi connectivity index (χ4v) is 12.2. The van der Waals surface area contributed by atoms with Crippen LogP contribution in [0.15, 0.2) is 188 Å². The third-order valence-electron chi connectivity index (χ3n) is 10.8. The first-order valence-corrected chi connectivity index (χ1v) is 21.7. The number of rotatable bonds is 10. The molecule has 0 aromatic heterocycles. The summed E-state index contributed by atoms with van der Waals surface area (Å²) in [6.45, 7) is 5.87. The van der Waals surface area contributed by atoms with Gasteiger partial charge in [0.25, 0.3) is 0 Å². The summed E-state index contributed by atoms with van der Waals surface area (Å²) >= 11 is 0. The highest BCUT2D eigenvalue weighted by atomic mass is 31.2. The highest BCUT2D eigenvalue weighted by Gasteiger charge is 2.47. The summed E-state index contributed by atoms with van der Waals surface area (Å²) < 4.78 is 0. The summed E-state index contributed by atoms with van der Waals surface area (Å²) in [6.07, 6.45) is 1.04. The molecule has 0 fully saturated rings. The van der Waals surface area contributed by atoms with Crippen molar-refractivity contribution in [2.24, 2.45) is 0 Å². The minimum Gasteiger partial charge on any atom is -0.872 e. The lowest BCUT2D eigenvalue weighted by molar-refractivity contribution is -0.270. The van der Waals surface area contributed by atoms with Gasteiger partial charge in [-0.15, -0.1) is 5.75 Å². The zero-order valence-electron chi connectivity index (χ0n) is 33.7. The van der Waals surface area contributed by atoms with Crippen molar-refractivity contribution in [1.82, 2.24) is 0 Å². The quantitative estimate of drug-likeness (QED) is 0.121. The van der Waals surface area contributed by atoms with Crippen molar-refractivity contribution in [2.75, 3.05) is 0 Å². The van der Waals surface area contributed by atoms with E-state index in [4.69, 9.17) is 0 Å². The predicted molar refractivity (Wildman–Crippen MR) is 244 cm³/mol. The average Bonchev–Trinajstić information content (AvgIpc) is 3.26. The number of para-hydroxylation sites is 1. The minimum atomic E-state index is -1.91. The molecule has 294 valence electrons. The largest absolute Gasteiger partial charge is 0.872 e. The Hall–Kier alpha value is -6.61. The number of aryl methyl sites for hydroxylation is 3. The van der Waals surface area contributed by atoms with E-state index in [1.807, 2.05) is 63.2 Å². The standard InChI is InChI=1S/C30H30O4.C24H20P/c1-18-7-9-27(31)23(11-18)15-21-5-4-6-22(29(21)33)16-25-13-20(3)14-26(30(25)34)17-24-12-19(2)8-10-28(24)32;1-5-13-21(14-6-1)25(22-15-7-2-8-16-22,23-17-9-3-10-18-23)24-19-11-4-12-20-24/h4-14,31-34H,15-17H2,1-3H3;1-20H/q;+1/p-1. The molecule has 5 heteroatoms. The van der Waals surface area contributed by atoms with Crippen LogP contribution >= 0.6 is 7.26 Å². The highest BCUT2D eigenvalue weighted by molar-refractivity contribution is 8.01. The second-order valence-electron chi connectivity index (χ2n) is 15.1. The van der Waals surface area contributed by atoms with Crippen molar-refractivity contribution in [1.29, 1.82) is 0 Å². The van der Waals surface area contributed by atoms with Crippen molar-refractivity contribution in [3.8, 4) is 23.0 Å². The lowest BCUT2D eigenvalue weighted by Crippen LogP contribution is -2.38. The molecule has 0 atom stereocenters. The molecule has 8 rings (SSSR count). The maximum atomic E-state index is 13.2. The van der Waals surface area contributed by atoms with Crippen molar-refractivity contribution < 1.29 is 20.4 Å².